The number of hydrogen-bond acceptors (Lipinski definition) is 5. The Kier molecular flexibility index (Phi) is 6.81. The van der Waals surface area contributed by atoms with Crippen molar-refractivity contribution in [2.75, 3.05) is 26.8 Å². The van der Waals surface area contributed by atoms with E-state index in [2.05, 4.69) is 49.3 Å². The van der Waals surface area contributed by atoms with Crippen molar-refractivity contribution >= 4 is 0 Å². The van der Waals surface area contributed by atoms with E-state index in [1.807, 2.05) is 13.1 Å². The lowest BCUT2D eigenvalue weighted by Crippen LogP contribution is -2.35. The molecular weight excluding hydrogens is 350 g/mol. The molecule has 1 aliphatic heterocycles. The summed E-state index contributed by atoms with van der Waals surface area (Å²) in [5.41, 5.74) is 5.25. The zero-order valence-corrected chi connectivity index (χ0v) is 17.8. The minimum absolute atomic E-state index is 0.430. The maximum atomic E-state index is 6.50. The van der Waals surface area contributed by atoms with E-state index in [0.29, 0.717) is 19.1 Å². The van der Waals surface area contributed by atoms with Crippen LogP contribution in [0.2, 0.25) is 0 Å². The first-order valence-corrected chi connectivity index (χ1v) is 10.2. The molecule has 1 fully saturated rings. The fourth-order valence-electron chi connectivity index (χ4n) is 4.17. The van der Waals surface area contributed by atoms with Gasteiger partial charge in [0.1, 0.15) is 11.4 Å². The highest BCUT2D eigenvalue weighted by atomic mass is 16.5. The lowest BCUT2D eigenvalue weighted by Gasteiger charge is -2.34. The predicted molar refractivity (Wildman–Crippen MR) is 112 cm³/mol. The highest BCUT2D eigenvalue weighted by Gasteiger charge is 2.34. The zero-order valence-electron chi connectivity index (χ0n) is 17.8. The van der Waals surface area contributed by atoms with Crippen LogP contribution in [-0.2, 0) is 21.7 Å². The average Bonchev–Trinajstić information content (AvgIpc) is 2.66. The van der Waals surface area contributed by atoms with Crippen LogP contribution in [-0.4, -0.2) is 36.8 Å². The Morgan fingerprint density at radius 3 is 2.43 bits per heavy atom. The van der Waals surface area contributed by atoms with E-state index in [0.717, 1.165) is 43.0 Å². The Hall–Kier alpha value is -1.82. The Balaban J connectivity index is 1.91. The van der Waals surface area contributed by atoms with Gasteiger partial charge < -0.3 is 14.8 Å². The van der Waals surface area contributed by atoms with Gasteiger partial charge in [0.15, 0.2) is 0 Å². The summed E-state index contributed by atoms with van der Waals surface area (Å²) in [5, 5.41) is 3.44. The molecule has 5 nitrogen and oxygen atoms in total. The molecular formula is C23H33N3O2. The molecule has 1 atom stereocenters. The molecule has 0 radical (unpaired) electrons. The van der Waals surface area contributed by atoms with Crippen molar-refractivity contribution in [3.05, 3.63) is 58.2 Å². The van der Waals surface area contributed by atoms with Gasteiger partial charge in [0.2, 0.25) is 0 Å². The molecule has 0 bridgehead atoms. The van der Waals surface area contributed by atoms with Gasteiger partial charge in [0, 0.05) is 24.8 Å². The van der Waals surface area contributed by atoms with Crippen LogP contribution in [0.5, 0.6) is 0 Å². The van der Waals surface area contributed by atoms with Gasteiger partial charge >= 0.3 is 0 Å². The summed E-state index contributed by atoms with van der Waals surface area (Å²) in [6.07, 6.45) is 4.12. The van der Waals surface area contributed by atoms with Gasteiger partial charge in [-0.2, -0.15) is 0 Å². The number of aryl methyl sites for hydroxylation is 3. The summed E-state index contributed by atoms with van der Waals surface area (Å²) in [6, 6.07) is 6.54. The quantitative estimate of drug-likeness (QED) is 0.785. The highest BCUT2D eigenvalue weighted by molar-refractivity contribution is 5.30. The third-order valence-corrected chi connectivity index (χ3v) is 5.49. The maximum Gasteiger partial charge on any atom is 0.125 e. The number of rotatable bonds is 7. The van der Waals surface area contributed by atoms with Gasteiger partial charge in [-0.05, 0) is 59.2 Å². The predicted octanol–water partition coefficient (Wildman–Crippen LogP) is 3.95. The number of aromatic nitrogens is 2. The molecule has 1 unspecified atom stereocenters. The second-order valence-corrected chi connectivity index (χ2v) is 8.19. The van der Waals surface area contributed by atoms with Crippen LogP contribution in [0.4, 0.5) is 0 Å². The normalized spacial score (nSPS) is 17.5. The smallest absolute Gasteiger partial charge is 0.125 e. The molecule has 152 valence electrons. The molecule has 2 aromatic rings. The molecule has 1 aromatic heterocycles. The molecule has 0 spiro atoms. The number of benzene rings is 1. The first kappa shape index (κ1) is 20.9. The Labute approximate surface area is 168 Å². The molecule has 5 heteroatoms. The van der Waals surface area contributed by atoms with Crippen molar-refractivity contribution in [2.45, 2.75) is 58.7 Å². The molecule has 1 N–H and O–H groups in total. The van der Waals surface area contributed by atoms with Crippen LogP contribution in [0.1, 0.15) is 59.5 Å². The van der Waals surface area contributed by atoms with E-state index in [4.69, 9.17) is 14.5 Å². The van der Waals surface area contributed by atoms with Gasteiger partial charge in [-0.15, -0.1) is 0 Å². The number of nitrogens with zero attached hydrogens (tertiary/aromatic N) is 2. The van der Waals surface area contributed by atoms with Gasteiger partial charge in [-0.1, -0.05) is 29.3 Å². The summed E-state index contributed by atoms with van der Waals surface area (Å²) in [4.78, 5) is 9.36. The molecule has 0 saturated carbocycles. The molecule has 2 heterocycles. The Bertz CT molecular complexity index is 782. The Morgan fingerprint density at radius 1 is 1.11 bits per heavy atom. The van der Waals surface area contributed by atoms with E-state index < -0.39 is 5.60 Å². The fourth-order valence-corrected chi connectivity index (χ4v) is 4.17. The highest BCUT2D eigenvalue weighted by Crippen LogP contribution is 2.35. The lowest BCUT2D eigenvalue weighted by atomic mass is 9.86. The average molecular weight is 384 g/mol. The van der Waals surface area contributed by atoms with Crippen LogP contribution >= 0.6 is 0 Å². The van der Waals surface area contributed by atoms with Crippen molar-refractivity contribution in [3.8, 4) is 0 Å². The molecule has 1 saturated heterocycles. The van der Waals surface area contributed by atoms with Gasteiger partial charge in [-0.25, -0.2) is 9.97 Å². The first-order chi connectivity index (χ1) is 13.4. The van der Waals surface area contributed by atoms with Gasteiger partial charge in [0.25, 0.3) is 0 Å². The monoisotopic (exact) mass is 383 g/mol. The van der Waals surface area contributed by atoms with E-state index >= 15 is 0 Å². The third kappa shape index (κ3) is 4.96. The van der Waals surface area contributed by atoms with Crippen molar-refractivity contribution < 1.29 is 9.47 Å². The summed E-state index contributed by atoms with van der Waals surface area (Å²) in [7, 11) is 1.72. The summed E-state index contributed by atoms with van der Waals surface area (Å²) < 4.78 is 12.1. The number of piperidine rings is 1. The molecule has 0 aliphatic carbocycles. The SMILES string of the molecule is COCC(C)(OCc1cc(C)cc(C)c1)c1cnc(C)nc1C1CCNCC1. The summed E-state index contributed by atoms with van der Waals surface area (Å²) >= 11 is 0. The van der Waals surface area contributed by atoms with Crippen LogP contribution in [0.25, 0.3) is 0 Å². The second-order valence-electron chi connectivity index (χ2n) is 8.19. The molecule has 3 rings (SSSR count). The van der Waals surface area contributed by atoms with E-state index in [9.17, 15) is 0 Å². The molecule has 28 heavy (non-hydrogen) atoms. The fraction of sp³-hybridized carbons (Fsp3) is 0.565. The molecule has 0 amide bonds. The summed E-state index contributed by atoms with van der Waals surface area (Å²) in [5.74, 6) is 1.24. The van der Waals surface area contributed by atoms with Crippen LogP contribution < -0.4 is 5.32 Å². The van der Waals surface area contributed by atoms with E-state index in [1.165, 1.54) is 16.7 Å². The van der Waals surface area contributed by atoms with Crippen molar-refractivity contribution in [2.24, 2.45) is 0 Å². The molecule has 1 aromatic carbocycles. The topological polar surface area (TPSA) is 56.3 Å². The minimum atomic E-state index is -0.597. The van der Waals surface area contributed by atoms with Crippen LogP contribution in [0.3, 0.4) is 0 Å². The van der Waals surface area contributed by atoms with Crippen LogP contribution in [0, 0.1) is 20.8 Å². The minimum Gasteiger partial charge on any atom is -0.381 e. The standard InChI is InChI=1S/C23H33N3O2/c1-16-10-17(2)12-19(11-16)14-28-23(4,15-27-5)21-13-25-18(3)26-22(21)20-6-8-24-9-7-20/h10-13,20,24H,6-9,14-15H2,1-5H3. The van der Waals surface area contributed by atoms with Crippen molar-refractivity contribution in [1.82, 2.24) is 15.3 Å². The Morgan fingerprint density at radius 2 is 1.79 bits per heavy atom. The first-order valence-electron chi connectivity index (χ1n) is 10.2. The lowest BCUT2D eigenvalue weighted by molar-refractivity contribution is -0.0927. The van der Waals surface area contributed by atoms with Crippen molar-refractivity contribution in [3.63, 3.8) is 0 Å². The summed E-state index contributed by atoms with van der Waals surface area (Å²) in [6.45, 7) is 11.3. The maximum absolute atomic E-state index is 6.50. The van der Waals surface area contributed by atoms with Crippen LogP contribution in [0.15, 0.2) is 24.4 Å². The molecule has 1 aliphatic rings. The number of methoxy groups -OCH3 is 1. The van der Waals surface area contributed by atoms with Gasteiger partial charge in [-0.3, -0.25) is 0 Å². The van der Waals surface area contributed by atoms with E-state index in [-0.39, 0.29) is 0 Å². The second kappa shape index (κ2) is 9.12. The van der Waals surface area contributed by atoms with E-state index in [1.54, 1.807) is 7.11 Å². The largest absolute Gasteiger partial charge is 0.381 e. The van der Waals surface area contributed by atoms with Crippen molar-refractivity contribution in [1.29, 1.82) is 0 Å². The zero-order chi connectivity index (χ0) is 20.1. The van der Waals surface area contributed by atoms with Gasteiger partial charge in [0.05, 0.1) is 18.9 Å². The number of hydrogen-bond donors (Lipinski definition) is 1. The third-order valence-electron chi connectivity index (χ3n) is 5.49. The number of nitrogens with one attached hydrogen (secondary N) is 1. The number of ether oxygens (including phenoxy) is 2.